The lowest BCUT2D eigenvalue weighted by Crippen LogP contribution is -2.05. The lowest BCUT2D eigenvalue weighted by atomic mass is 9.99. The maximum absolute atomic E-state index is 12.6. The topological polar surface area (TPSA) is 26.3 Å². The lowest BCUT2D eigenvalue weighted by Gasteiger charge is -2.09. The average Bonchev–Trinajstić information content (AvgIpc) is 2.41. The van der Waals surface area contributed by atoms with E-state index in [-0.39, 0.29) is 5.78 Å². The van der Waals surface area contributed by atoms with Crippen molar-refractivity contribution in [3.8, 4) is 5.75 Å². The summed E-state index contributed by atoms with van der Waals surface area (Å²) in [5.41, 5.74) is 2.29. The molecule has 0 fully saturated rings. The van der Waals surface area contributed by atoms with E-state index in [4.69, 9.17) is 4.74 Å². The van der Waals surface area contributed by atoms with Crippen LogP contribution < -0.4 is 4.74 Å². The van der Waals surface area contributed by atoms with Gasteiger partial charge in [-0.3, -0.25) is 4.79 Å². The van der Waals surface area contributed by atoms with E-state index >= 15 is 0 Å². The Morgan fingerprint density at radius 3 is 2.50 bits per heavy atom. The Morgan fingerprint density at radius 1 is 1.10 bits per heavy atom. The molecular weight excluding hydrogens is 384 g/mol. The maximum Gasteiger partial charge on any atom is 0.194 e. The molecule has 0 amide bonds. The van der Waals surface area contributed by atoms with Crippen molar-refractivity contribution in [1.29, 1.82) is 0 Å². The van der Waals surface area contributed by atoms with Gasteiger partial charge in [-0.15, -0.1) is 0 Å². The van der Waals surface area contributed by atoms with E-state index in [0.29, 0.717) is 17.7 Å². The highest BCUT2D eigenvalue weighted by Gasteiger charge is 2.15. The van der Waals surface area contributed by atoms with Crippen molar-refractivity contribution < 1.29 is 9.53 Å². The first-order chi connectivity index (χ1) is 9.52. The normalized spacial score (nSPS) is 10.4. The van der Waals surface area contributed by atoms with Crippen molar-refractivity contribution in [3.63, 3.8) is 0 Å². The van der Waals surface area contributed by atoms with Gasteiger partial charge in [0.1, 0.15) is 5.75 Å². The summed E-state index contributed by atoms with van der Waals surface area (Å²) in [6.07, 6.45) is 0. The molecule has 2 nitrogen and oxygen atoms in total. The number of ketones is 1. The van der Waals surface area contributed by atoms with E-state index in [1.165, 1.54) is 0 Å². The van der Waals surface area contributed by atoms with Gasteiger partial charge in [0.15, 0.2) is 5.78 Å². The second-order valence-corrected chi connectivity index (χ2v) is 6.13. The molecule has 20 heavy (non-hydrogen) atoms. The summed E-state index contributed by atoms with van der Waals surface area (Å²) in [5.74, 6) is 0.751. The standard InChI is InChI=1S/C16H14Br2O2/c1-3-20-12-6-7-13(15(18)9-12)16(19)14-8-11(17)5-4-10(14)2/h4-9H,3H2,1-2H3. The van der Waals surface area contributed by atoms with E-state index in [0.717, 1.165) is 20.3 Å². The summed E-state index contributed by atoms with van der Waals surface area (Å²) in [6.45, 7) is 4.46. The quantitative estimate of drug-likeness (QED) is 0.667. The predicted molar refractivity (Wildman–Crippen MR) is 87.6 cm³/mol. The first kappa shape index (κ1) is 15.3. The third-order valence-electron chi connectivity index (χ3n) is 2.94. The summed E-state index contributed by atoms with van der Waals surface area (Å²) in [5, 5.41) is 0. The van der Waals surface area contributed by atoms with Crippen LogP contribution in [0.2, 0.25) is 0 Å². The molecule has 0 aliphatic rings. The van der Waals surface area contributed by atoms with Crippen LogP contribution in [0.4, 0.5) is 0 Å². The molecule has 0 atom stereocenters. The second kappa shape index (κ2) is 6.55. The minimum Gasteiger partial charge on any atom is -0.494 e. The molecule has 0 aromatic heterocycles. The van der Waals surface area contributed by atoms with Crippen LogP contribution in [0.5, 0.6) is 5.75 Å². The molecule has 2 aromatic carbocycles. The van der Waals surface area contributed by atoms with Gasteiger partial charge in [-0.25, -0.2) is 0 Å². The largest absolute Gasteiger partial charge is 0.494 e. The summed E-state index contributed by atoms with van der Waals surface area (Å²) in [7, 11) is 0. The fourth-order valence-electron chi connectivity index (χ4n) is 1.92. The number of benzene rings is 2. The summed E-state index contributed by atoms with van der Waals surface area (Å²) in [6, 6.07) is 11.1. The van der Waals surface area contributed by atoms with Gasteiger partial charge in [0, 0.05) is 20.1 Å². The van der Waals surface area contributed by atoms with Crippen LogP contribution in [0.15, 0.2) is 45.3 Å². The Hall–Kier alpha value is -1.13. The third-order valence-corrected chi connectivity index (χ3v) is 4.09. The molecule has 0 saturated heterocycles. The Bertz CT molecular complexity index is 651. The molecule has 0 N–H and O–H groups in total. The molecule has 0 spiro atoms. The molecule has 104 valence electrons. The highest BCUT2D eigenvalue weighted by atomic mass is 79.9. The highest BCUT2D eigenvalue weighted by molar-refractivity contribution is 9.10. The summed E-state index contributed by atoms with van der Waals surface area (Å²) < 4.78 is 7.06. The van der Waals surface area contributed by atoms with Crippen LogP contribution in [0.1, 0.15) is 28.4 Å². The summed E-state index contributed by atoms with van der Waals surface area (Å²) in [4.78, 5) is 12.6. The highest BCUT2D eigenvalue weighted by Crippen LogP contribution is 2.27. The molecule has 0 unspecified atom stereocenters. The van der Waals surface area contributed by atoms with Gasteiger partial charge in [0.2, 0.25) is 0 Å². The number of carbonyl (C=O) groups excluding carboxylic acids is 1. The van der Waals surface area contributed by atoms with Crippen LogP contribution in [-0.4, -0.2) is 12.4 Å². The van der Waals surface area contributed by atoms with Gasteiger partial charge in [-0.1, -0.05) is 22.0 Å². The molecule has 0 bridgehead atoms. The molecule has 2 aromatic rings. The Labute approximate surface area is 135 Å². The second-order valence-electron chi connectivity index (χ2n) is 4.36. The van der Waals surface area contributed by atoms with Gasteiger partial charge in [0.25, 0.3) is 0 Å². The van der Waals surface area contributed by atoms with Crippen LogP contribution in [-0.2, 0) is 0 Å². The van der Waals surface area contributed by atoms with Gasteiger partial charge < -0.3 is 4.74 Å². The van der Waals surface area contributed by atoms with Gasteiger partial charge in [0.05, 0.1) is 6.61 Å². The van der Waals surface area contributed by atoms with E-state index in [1.807, 2.05) is 44.2 Å². The first-order valence-electron chi connectivity index (χ1n) is 6.26. The molecule has 0 heterocycles. The Balaban J connectivity index is 2.40. The number of aryl methyl sites for hydroxylation is 1. The van der Waals surface area contributed by atoms with E-state index in [9.17, 15) is 4.79 Å². The first-order valence-corrected chi connectivity index (χ1v) is 7.84. The van der Waals surface area contributed by atoms with E-state index < -0.39 is 0 Å². The minimum absolute atomic E-state index is 0.00118. The zero-order valence-corrected chi connectivity index (χ0v) is 14.4. The number of hydrogen-bond acceptors (Lipinski definition) is 2. The molecule has 4 heteroatoms. The molecule has 0 saturated carbocycles. The molecule has 0 aliphatic carbocycles. The maximum atomic E-state index is 12.6. The van der Waals surface area contributed by atoms with Crippen LogP contribution in [0, 0.1) is 6.92 Å². The average molecular weight is 398 g/mol. The molecular formula is C16H14Br2O2. The van der Waals surface area contributed by atoms with Crippen LogP contribution >= 0.6 is 31.9 Å². The van der Waals surface area contributed by atoms with Gasteiger partial charge >= 0.3 is 0 Å². The van der Waals surface area contributed by atoms with Crippen molar-refractivity contribution in [3.05, 3.63) is 62.0 Å². The molecule has 2 rings (SSSR count). The monoisotopic (exact) mass is 396 g/mol. The van der Waals surface area contributed by atoms with Crippen molar-refractivity contribution >= 4 is 37.6 Å². The summed E-state index contributed by atoms with van der Waals surface area (Å²) >= 11 is 6.85. The minimum atomic E-state index is -0.00118. The third kappa shape index (κ3) is 3.30. The van der Waals surface area contributed by atoms with E-state index in [1.54, 1.807) is 6.07 Å². The fourth-order valence-corrected chi connectivity index (χ4v) is 2.82. The van der Waals surface area contributed by atoms with Crippen LogP contribution in [0.3, 0.4) is 0 Å². The van der Waals surface area contributed by atoms with Gasteiger partial charge in [-0.05, 0) is 65.7 Å². The Kier molecular flexibility index (Phi) is 5.00. The number of hydrogen-bond donors (Lipinski definition) is 0. The Morgan fingerprint density at radius 2 is 1.85 bits per heavy atom. The SMILES string of the molecule is CCOc1ccc(C(=O)c2cc(Br)ccc2C)c(Br)c1. The van der Waals surface area contributed by atoms with Gasteiger partial charge in [-0.2, -0.15) is 0 Å². The molecule has 0 aliphatic heterocycles. The smallest absolute Gasteiger partial charge is 0.194 e. The number of carbonyl (C=O) groups is 1. The van der Waals surface area contributed by atoms with Crippen molar-refractivity contribution in [2.45, 2.75) is 13.8 Å². The van der Waals surface area contributed by atoms with Crippen molar-refractivity contribution in [2.24, 2.45) is 0 Å². The fraction of sp³-hybridized carbons (Fsp3) is 0.188. The van der Waals surface area contributed by atoms with Crippen molar-refractivity contribution in [1.82, 2.24) is 0 Å². The number of ether oxygens (including phenoxy) is 1. The number of rotatable bonds is 4. The predicted octanol–water partition coefficient (Wildman–Crippen LogP) is 5.15. The van der Waals surface area contributed by atoms with Crippen LogP contribution in [0.25, 0.3) is 0 Å². The number of halogens is 2. The molecule has 0 radical (unpaired) electrons. The zero-order valence-electron chi connectivity index (χ0n) is 11.2. The zero-order chi connectivity index (χ0) is 14.7. The van der Waals surface area contributed by atoms with E-state index in [2.05, 4.69) is 31.9 Å². The van der Waals surface area contributed by atoms with Crippen molar-refractivity contribution in [2.75, 3.05) is 6.61 Å². The lowest BCUT2D eigenvalue weighted by molar-refractivity contribution is 0.103.